The lowest BCUT2D eigenvalue weighted by atomic mass is 10.2. The Morgan fingerprint density at radius 2 is 1.95 bits per heavy atom. The van der Waals surface area contributed by atoms with Crippen LogP contribution >= 0.6 is 0 Å². The number of nitrogens with one attached hydrogen (secondary N) is 2. The first-order valence-corrected chi connectivity index (χ1v) is 6.30. The molecule has 1 rings (SSSR count). The molecular formula is C14H20N2O3. The Hall–Kier alpha value is -1.88. The summed E-state index contributed by atoms with van der Waals surface area (Å²) in [5.74, 6) is -0.493. The lowest BCUT2D eigenvalue weighted by molar-refractivity contribution is -0.129. The number of carbonyl (C=O) groups excluding carboxylic acids is 2. The fraction of sp³-hybridized carbons (Fsp3) is 0.429. The molecule has 0 heterocycles. The van der Waals surface area contributed by atoms with Crippen LogP contribution in [-0.4, -0.2) is 31.1 Å². The first-order valence-electron chi connectivity index (χ1n) is 6.30. The zero-order valence-corrected chi connectivity index (χ0v) is 11.3. The van der Waals surface area contributed by atoms with E-state index in [0.29, 0.717) is 13.2 Å². The summed E-state index contributed by atoms with van der Waals surface area (Å²) >= 11 is 0. The van der Waals surface area contributed by atoms with E-state index in [1.54, 1.807) is 0 Å². The van der Waals surface area contributed by atoms with Crippen LogP contribution in [0.2, 0.25) is 0 Å². The van der Waals surface area contributed by atoms with Crippen LogP contribution in [-0.2, 0) is 20.9 Å². The maximum atomic E-state index is 12.0. The second-order valence-corrected chi connectivity index (χ2v) is 4.12. The quantitative estimate of drug-likeness (QED) is 0.767. The van der Waals surface area contributed by atoms with E-state index in [4.69, 9.17) is 4.74 Å². The van der Waals surface area contributed by atoms with E-state index in [9.17, 15) is 9.59 Å². The minimum absolute atomic E-state index is 0.177. The van der Waals surface area contributed by atoms with Gasteiger partial charge < -0.3 is 15.4 Å². The van der Waals surface area contributed by atoms with Crippen molar-refractivity contribution in [3.8, 4) is 0 Å². The fourth-order valence-corrected chi connectivity index (χ4v) is 1.57. The second-order valence-electron chi connectivity index (χ2n) is 4.12. The van der Waals surface area contributed by atoms with Crippen molar-refractivity contribution in [1.29, 1.82) is 0 Å². The molecule has 0 aromatic heterocycles. The lowest BCUT2D eigenvalue weighted by Crippen LogP contribution is -2.48. The molecule has 19 heavy (non-hydrogen) atoms. The molecular weight excluding hydrogens is 244 g/mol. The van der Waals surface area contributed by atoms with Gasteiger partial charge in [0.1, 0.15) is 6.04 Å². The van der Waals surface area contributed by atoms with Gasteiger partial charge in [-0.15, -0.1) is 0 Å². The minimum atomic E-state index is -0.652. The maximum Gasteiger partial charge on any atom is 0.245 e. The highest BCUT2D eigenvalue weighted by atomic mass is 16.5. The van der Waals surface area contributed by atoms with Crippen molar-refractivity contribution in [3.05, 3.63) is 35.9 Å². The molecule has 0 saturated carbocycles. The number of hydrogen-bond donors (Lipinski definition) is 2. The van der Waals surface area contributed by atoms with E-state index in [-0.39, 0.29) is 18.4 Å². The Bertz CT molecular complexity index is 406. The second kappa shape index (κ2) is 8.26. The average molecular weight is 264 g/mol. The molecule has 1 aromatic rings. The molecule has 104 valence electrons. The number of benzene rings is 1. The van der Waals surface area contributed by atoms with Gasteiger partial charge in [-0.2, -0.15) is 0 Å². The Kier molecular flexibility index (Phi) is 6.60. The van der Waals surface area contributed by atoms with E-state index in [1.165, 1.54) is 6.92 Å². The van der Waals surface area contributed by atoms with Crippen molar-refractivity contribution in [1.82, 2.24) is 10.6 Å². The highest BCUT2D eigenvalue weighted by Gasteiger charge is 2.18. The average Bonchev–Trinajstić information content (AvgIpc) is 2.41. The van der Waals surface area contributed by atoms with Gasteiger partial charge in [-0.3, -0.25) is 9.59 Å². The van der Waals surface area contributed by atoms with E-state index in [0.717, 1.165) is 5.56 Å². The third kappa shape index (κ3) is 6.01. The Balaban J connectivity index is 2.48. The molecule has 0 aliphatic carbocycles. The fourth-order valence-electron chi connectivity index (χ4n) is 1.57. The minimum Gasteiger partial charge on any atom is -0.379 e. The molecule has 1 aromatic carbocycles. The van der Waals surface area contributed by atoms with Crippen LogP contribution in [0.25, 0.3) is 0 Å². The van der Waals surface area contributed by atoms with Gasteiger partial charge in [0.15, 0.2) is 0 Å². The summed E-state index contributed by atoms with van der Waals surface area (Å²) in [4.78, 5) is 23.0. The van der Waals surface area contributed by atoms with Crippen molar-refractivity contribution >= 4 is 11.8 Å². The van der Waals surface area contributed by atoms with E-state index in [1.807, 2.05) is 37.3 Å². The van der Waals surface area contributed by atoms with Gasteiger partial charge in [0.2, 0.25) is 11.8 Å². The van der Waals surface area contributed by atoms with E-state index >= 15 is 0 Å². The molecule has 1 unspecified atom stereocenters. The smallest absolute Gasteiger partial charge is 0.245 e. The number of hydrogen-bond acceptors (Lipinski definition) is 3. The topological polar surface area (TPSA) is 67.4 Å². The van der Waals surface area contributed by atoms with Gasteiger partial charge in [-0.05, 0) is 12.5 Å². The highest BCUT2D eigenvalue weighted by Crippen LogP contribution is 1.98. The third-order valence-corrected chi connectivity index (χ3v) is 2.49. The number of carbonyl (C=O) groups is 2. The Morgan fingerprint density at radius 3 is 2.53 bits per heavy atom. The third-order valence-electron chi connectivity index (χ3n) is 2.49. The summed E-state index contributed by atoms with van der Waals surface area (Å²) < 4.78 is 5.19. The first kappa shape index (κ1) is 15.2. The molecule has 0 radical (unpaired) electrons. The summed E-state index contributed by atoms with van der Waals surface area (Å²) in [6, 6.07) is 8.94. The monoisotopic (exact) mass is 264 g/mol. The van der Waals surface area contributed by atoms with Crippen molar-refractivity contribution in [3.63, 3.8) is 0 Å². The highest BCUT2D eigenvalue weighted by molar-refractivity contribution is 5.86. The van der Waals surface area contributed by atoms with Crippen LogP contribution < -0.4 is 10.6 Å². The molecule has 5 heteroatoms. The van der Waals surface area contributed by atoms with Crippen LogP contribution in [0.15, 0.2) is 30.3 Å². The van der Waals surface area contributed by atoms with E-state index in [2.05, 4.69) is 10.6 Å². The lowest BCUT2D eigenvalue weighted by Gasteiger charge is -2.17. The van der Waals surface area contributed by atoms with E-state index < -0.39 is 6.04 Å². The Labute approximate surface area is 113 Å². The summed E-state index contributed by atoms with van der Waals surface area (Å²) in [6.07, 6.45) is 0. The summed E-state index contributed by atoms with van der Waals surface area (Å²) in [5.41, 5.74) is 1.01. The van der Waals surface area contributed by atoms with Gasteiger partial charge in [-0.25, -0.2) is 0 Å². The molecule has 0 aliphatic heterocycles. The van der Waals surface area contributed by atoms with Gasteiger partial charge in [-0.1, -0.05) is 30.3 Å². The molecule has 0 saturated heterocycles. The van der Waals surface area contributed by atoms with Crippen LogP contribution in [0.4, 0.5) is 0 Å². The van der Waals surface area contributed by atoms with Gasteiger partial charge in [0.25, 0.3) is 0 Å². The van der Waals surface area contributed by atoms with Gasteiger partial charge in [0.05, 0.1) is 6.61 Å². The van der Waals surface area contributed by atoms with Crippen LogP contribution in [0.3, 0.4) is 0 Å². The molecule has 0 aliphatic rings. The predicted octanol–water partition coefficient (Wildman–Crippen LogP) is 0.844. The van der Waals surface area contributed by atoms with Crippen LogP contribution in [0, 0.1) is 0 Å². The molecule has 5 nitrogen and oxygen atoms in total. The first-order chi connectivity index (χ1) is 9.13. The number of rotatable bonds is 7. The standard InChI is InChI=1S/C14H20N2O3/c1-3-19-10-13(16-11(2)17)14(18)15-9-12-7-5-4-6-8-12/h4-8,13H,3,9-10H2,1-2H3,(H,15,18)(H,16,17). The largest absolute Gasteiger partial charge is 0.379 e. The molecule has 2 amide bonds. The molecule has 0 bridgehead atoms. The normalized spacial score (nSPS) is 11.7. The summed E-state index contributed by atoms with van der Waals surface area (Å²) in [6.45, 7) is 4.33. The van der Waals surface area contributed by atoms with Crippen LogP contribution in [0.5, 0.6) is 0 Å². The zero-order valence-electron chi connectivity index (χ0n) is 11.3. The van der Waals surface area contributed by atoms with Gasteiger partial charge in [0, 0.05) is 20.1 Å². The summed E-state index contributed by atoms with van der Waals surface area (Å²) in [5, 5.41) is 5.35. The zero-order chi connectivity index (χ0) is 14.1. The Morgan fingerprint density at radius 1 is 1.26 bits per heavy atom. The van der Waals surface area contributed by atoms with Crippen molar-refractivity contribution < 1.29 is 14.3 Å². The van der Waals surface area contributed by atoms with Crippen molar-refractivity contribution in [2.75, 3.05) is 13.2 Å². The number of amides is 2. The summed E-state index contributed by atoms with van der Waals surface area (Å²) in [7, 11) is 0. The van der Waals surface area contributed by atoms with Crippen molar-refractivity contribution in [2.45, 2.75) is 26.4 Å². The maximum absolute atomic E-state index is 12.0. The predicted molar refractivity (Wildman–Crippen MR) is 72.4 cm³/mol. The molecule has 1 atom stereocenters. The molecule has 0 fully saturated rings. The molecule has 0 spiro atoms. The van der Waals surface area contributed by atoms with Crippen molar-refractivity contribution in [2.24, 2.45) is 0 Å². The van der Waals surface area contributed by atoms with Gasteiger partial charge >= 0.3 is 0 Å². The SMILES string of the molecule is CCOCC(NC(C)=O)C(=O)NCc1ccccc1. The van der Waals surface area contributed by atoms with Crippen LogP contribution in [0.1, 0.15) is 19.4 Å². The number of ether oxygens (including phenoxy) is 1. The molecule has 2 N–H and O–H groups in total.